The number of hydrogen-bond acceptors (Lipinski definition) is 5. The predicted octanol–water partition coefficient (Wildman–Crippen LogP) is 1.56. The number of hydrazone groups is 1. The second-order valence-corrected chi connectivity index (χ2v) is 3.68. The Balaban J connectivity index is 2.20. The van der Waals surface area contributed by atoms with Gasteiger partial charge in [0.15, 0.2) is 5.84 Å². The van der Waals surface area contributed by atoms with Gasteiger partial charge in [0.1, 0.15) is 0 Å². The van der Waals surface area contributed by atoms with Crippen LogP contribution < -0.4 is 11.2 Å². The average molecular weight is 271 g/mol. The molecule has 0 bridgehead atoms. The highest BCUT2D eigenvalue weighted by Crippen LogP contribution is 2.31. The van der Waals surface area contributed by atoms with Crippen LogP contribution in [0.15, 0.2) is 39.6 Å². The molecule has 0 saturated heterocycles. The number of carbonyl (C=O) groups excluding carboxylic acids is 1. The lowest BCUT2D eigenvalue weighted by atomic mass is 10.2. The molecular weight excluding hydrogens is 263 g/mol. The standard InChI is InChI=1S/C10H8F3N5O/c11-10(12,13)5-2-1-3-6(4-5)15-16-7-8(14)17-18-9(7)19/h1-4,7H,(H2,14,17)(H,18,19). The molecule has 6 nitrogen and oxygen atoms in total. The van der Waals surface area contributed by atoms with E-state index in [0.717, 1.165) is 12.1 Å². The summed E-state index contributed by atoms with van der Waals surface area (Å²) in [7, 11) is 0. The van der Waals surface area contributed by atoms with E-state index in [4.69, 9.17) is 5.73 Å². The summed E-state index contributed by atoms with van der Waals surface area (Å²) in [4.78, 5) is 11.2. The van der Waals surface area contributed by atoms with Crippen LogP contribution in [-0.2, 0) is 11.0 Å². The largest absolute Gasteiger partial charge is 0.416 e. The third kappa shape index (κ3) is 2.87. The molecule has 19 heavy (non-hydrogen) atoms. The van der Waals surface area contributed by atoms with E-state index >= 15 is 0 Å². The van der Waals surface area contributed by atoms with E-state index in [9.17, 15) is 18.0 Å². The van der Waals surface area contributed by atoms with E-state index in [0.29, 0.717) is 0 Å². The van der Waals surface area contributed by atoms with Gasteiger partial charge in [-0.1, -0.05) is 6.07 Å². The third-order valence-electron chi connectivity index (χ3n) is 2.29. The van der Waals surface area contributed by atoms with Gasteiger partial charge in [0.2, 0.25) is 6.04 Å². The van der Waals surface area contributed by atoms with Gasteiger partial charge >= 0.3 is 6.18 Å². The maximum Gasteiger partial charge on any atom is 0.416 e. The zero-order valence-electron chi connectivity index (χ0n) is 9.35. The highest BCUT2D eigenvalue weighted by molar-refractivity contribution is 6.10. The highest BCUT2D eigenvalue weighted by Gasteiger charge is 2.31. The Hall–Kier alpha value is -2.45. The number of halogens is 3. The number of benzene rings is 1. The minimum absolute atomic E-state index is 0.0256. The Morgan fingerprint density at radius 1 is 1.37 bits per heavy atom. The number of nitrogens with zero attached hydrogens (tertiary/aromatic N) is 3. The van der Waals surface area contributed by atoms with Crippen molar-refractivity contribution in [3.8, 4) is 0 Å². The van der Waals surface area contributed by atoms with Crippen LogP contribution in [0, 0.1) is 0 Å². The molecule has 1 aliphatic rings. The topological polar surface area (TPSA) is 92.2 Å². The molecule has 1 amide bonds. The van der Waals surface area contributed by atoms with Gasteiger partial charge in [0, 0.05) is 0 Å². The molecule has 0 spiro atoms. The van der Waals surface area contributed by atoms with E-state index in [1.54, 1.807) is 0 Å². The maximum absolute atomic E-state index is 12.5. The van der Waals surface area contributed by atoms with Crippen LogP contribution in [0.3, 0.4) is 0 Å². The van der Waals surface area contributed by atoms with E-state index in [-0.39, 0.29) is 11.5 Å². The third-order valence-corrected chi connectivity index (χ3v) is 2.29. The van der Waals surface area contributed by atoms with Gasteiger partial charge in [-0.25, -0.2) is 5.43 Å². The molecule has 2 rings (SSSR count). The van der Waals surface area contributed by atoms with Crippen molar-refractivity contribution in [2.24, 2.45) is 21.1 Å². The second kappa shape index (κ2) is 4.67. The van der Waals surface area contributed by atoms with Crippen molar-refractivity contribution < 1.29 is 18.0 Å². The molecule has 0 fully saturated rings. The molecule has 3 N–H and O–H groups in total. The maximum atomic E-state index is 12.5. The van der Waals surface area contributed by atoms with Gasteiger partial charge < -0.3 is 5.73 Å². The number of alkyl halides is 3. The predicted molar refractivity (Wildman–Crippen MR) is 59.5 cm³/mol. The molecule has 1 aliphatic heterocycles. The summed E-state index contributed by atoms with van der Waals surface area (Å²) in [6.07, 6.45) is -4.46. The Morgan fingerprint density at radius 3 is 2.68 bits per heavy atom. The minimum atomic E-state index is -4.46. The lowest BCUT2D eigenvalue weighted by Crippen LogP contribution is -2.31. The Kier molecular flexibility index (Phi) is 3.19. The van der Waals surface area contributed by atoms with Gasteiger partial charge in [0.25, 0.3) is 5.91 Å². The lowest BCUT2D eigenvalue weighted by molar-refractivity contribution is -0.137. The lowest BCUT2D eigenvalue weighted by Gasteiger charge is -2.06. The number of nitrogens with one attached hydrogen (secondary N) is 1. The SMILES string of the molecule is NC1=NNC(=O)C1N=Nc1cccc(C(F)(F)F)c1. The van der Waals surface area contributed by atoms with Crippen molar-refractivity contribution in [2.75, 3.05) is 0 Å². The van der Waals surface area contributed by atoms with Crippen molar-refractivity contribution >= 4 is 17.4 Å². The molecule has 0 radical (unpaired) electrons. The minimum Gasteiger partial charge on any atom is -0.383 e. The van der Waals surface area contributed by atoms with Crippen LogP contribution in [-0.4, -0.2) is 17.8 Å². The fourth-order valence-electron chi connectivity index (χ4n) is 1.36. The molecule has 0 aliphatic carbocycles. The van der Waals surface area contributed by atoms with Gasteiger partial charge in [-0.3, -0.25) is 4.79 Å². The molecule has 0 saturated carbocycles. The van der Waals surface area contributed by atoms with Crippen molar-refractivity contribution in [1.29, 1.82) is 0 Å². The zero-order chi connectivity index (χ0) is 14.0. The molecule has 1 atom stereocenters. The van der Waals surface area contributed by atoms with E-state index in [2.05, 4.69) is 20.8 Å². The van der Waals surface area contributed by atoms with E-state index < -0.39 is 23.7 Å². The average Bonchev–Trinajstić information content (AvgIpc) is 2.66. The first-order chi connectivity index (χ1) is 8.88. The number of azo groups is 1. The molecule has 1 aromatic rings. The molecule has 1 heterocycles. The van der Waals surface area contributed by atoms with Gasteiger partial charge in [-0.15, -0.1) is 0 Å². The number of nitrogens with two attached hydrogens (primary N) is 1. The summed E-state index contributed by atoms with van der Waals surface area (Å²) in [5.74, 6) is -0.658. The number of amidine groups is 1. The summed E-state index contributed by atoms with van der Waals surface area (Å²) >= 11 is 0. The molecular formula is C10H8F3N5O. The summed E-state index contributed by atoms with van der Waals surface area (Å²) in [5.41, 5.74) is 6.58. The number of carbonyl (C=O) groups is 1. The smallest absolute Gasteiger partial charge is 0.383 e. The molecule has 1 unspecified atom stereocenters. The number of hydrogen-bond donors (Lipinski definition) is 2. The van der Waals surface area contributed by atoms with Crippen LogP contribution in [0.25, 0.3) is 0 Å². The zero-order valence-corrected chi connectivity index (χ0v) is 9.35. The summed E-state index contributed by atoms with van der Waals surface area (Å²) in [6, 6.07) is 3.16. The van der Waals surface area contributed by atoms with Crippen LogP contribution in [0.2, 0.25) is 0 Å². The Morgan fingerprint density at radius 2 is 2.11 bits per heavy atom. The highest BCUT2D eigenvalue weighted by atomic mass is 19.4. The number of rotatable bonds is 2. The first-order valence-corrected chi connectivity index (χ1v) is 5.09. The summed E-state index contributed by atoms with van der Waals surface area (Å²) < 4.78 is 37.4. The van der Waals surface area contributed by atoms with Gasteiger partial charge in [-0.05, 0) is 18.2 Å². The van der Waals surface area contributed by atoms with Gasteiger partial charge in [0.05, 0.1) is 11.3 Å². The van der Waals surface area contributed by atoms with E-state index in [1.165, 1.54) is 12.1 Å². The van der Waals surface area contributed by atoms with Crippen LogP contribution >= 0.6 is 0 Å². The number of amides is 1. The normalized spacial score (nSPS) is 19.6. The second-order valence-electron chi connectivity index (χ2n) is 3.68. The summed E-state index contributed by atoms with van der Waals surface area (Å²) in [6.45, 7) is 0. The van der Waals surface area contributed by atoms with Crippen molar-refractivity contribution in [3.63, 3.8) is 0 Å². The monoisotopic (exact) mass is 271 g/mol. The first-order valence-electron chi connectivity index (χ1n) is 5.09. The van der Waals surface area contributed by atoms with E-state index in [1.807, 2.05) is 0 Å². The van der Waals surface area contributed by atoms with Crippen LogP contribution in [0.1, 0.15) is 5.56 Å². The molecule has 1 aromatic carbocycles. The Labute approximate surface area is 105 Å². The molecule has 0 aromatic heterocycles. The fourth-order valence-corrected chi connectivity index (χ4v) is 1.36. The first kappa shape index (κ1) is 13.0. The van der Waals surface area contributed by atoms with Crippen LogP contribution in [0.4, 0.5) is 18.9 Å². The Bertz CT molecular complexity index is 567. The summed E-state index contributed by atoms with van der Waals surface area (Å²) in [5, 5.41) is 10.6. The van der Waals surface area contributed by atoms with Crippen LogP contribution in [0.5, 0.6) is 0 Å². The van der Waals surface area contributed by atoms with Gasteiger partial charge in [-0.2, -0.15) is 28.5 Å². The van der Waals surface area contributed by atoms with Crippen molar-refractivity contribution in [1.82, 2.24) is 5.43 Å². The van der Waals surface area contributed by atoms with Crippen molar-refractivity contribution in [3.05, 3.63) is 29.8 Å². The fraction of sp³-hybridized carbons (Fsp3) is 0.200. The van der Waals surface area contributed by atoms with Crippen molar-refractivity contribution in [2.45, 2.75) is 12.2 Å². The quantitative estimate of drug-likeness (QED) is 0.799. The molecule has 9 heteroatoms. The molecule has 100 valence electrons.